The Morgan fingerprint density at radius 2 is 1.94 bits per heavy atom. The Bertz CT molecular complexity index is 1180. The van der Waals surface area contributed by atoms with E-state index in [-0.39, 0.29) is 51.2 Å². The van der Waals surface area contributed by atoms with Crippen LogP contribution in [0.4, 0.5) is 14.5 Å². The first-order valence-electron chi connectivity index (χ1n) is 9.45. The number of aromatic hydroxyl groups is 1. The Balaban J connectivity index is 2.04. The molecule has 7 nitrogen and oxygen atoms in total. The summed E-state index contributed by atoms with van der Waals surface area (Å²) in [6.07, 6.45) is 0.453. The van der Waals surface area contributed by atoms with E-state index in [2.05, 4.69) is 4.72 Å². The summed E-state index contributed by atoms with van der Waals surface area (Å²) in [5.41, 5.74) is 5.40. The number of nitrogens with two attached hydrogens (primary N) is 1. The minimum absolute atomic E-state index is 0.0568. The van der Waals surface area contributed by atoms with E-state index < -0.39 is 28.7 Å². The van der Waals surface area contributed by atoms with Gasteiger partial charge in [0.15, 0.2) is 11.6 Å². The zero-order valence-corrected chi connectivity index (χ0v) is 18.8. The van der Waals surface area contributed by atoms with E-state index in [1.54, 1.807) is 12.1 Å². The van der Waals surface area contributed by atoms with Crippen LogP contribution in [0.5, 0.6) is 17.2 Å². The van der Waals surface area contributed by atoms with Gasteiger partial charge in [-0.15, -0.1) is 0 Å². The van der Waals surface area contributed by atoms with Gasteiger partial charge >= 0.3 is 0 Å². The standard InChI is InChI=1S/C22H19ClF2N2O5S/c1-31-13-2-3-20(32-5-4-26)15(8-13)14-9-19(18(25)10-17(14)24)27-33(30)21-7-12(11-28)6-16(23)22(21)29/h2-3,6-11,27,29H,4-5,26H2,1H3. The van der Waals surface area contributed by atoms with Crippen molar-refractivity contribution >= 4 is 34.9 Å². The molecule has 174 valence electrons. The Morgan fingerprint density at radius 1 is 1.18 bits per heavy atom. The molecule has 0 saturated carbocycles. The van der Waals surface area contributed by atoms with Crippen LogP contribution in [0.3, 0.4) is 0 Å². The van der Waals surface area contributed by atoms with Gasteiger partial charge in [0.1, 0.15) is 47.3 Å². The average Bonchev–Trinajstić information content (AvgIpc) is 2.80. The Kier molecular flexibility index (Phi) is 7.98. The molecule has 0 radical (unpaired) electrons. The fraction of sp³-hybridized carbons (Fsp3) is 0.136. The van der Waals surface area contributed by atoms with E-state index in [9.17, 15) is 23.2 Å². The number of phenolic OH excluding ortho intramolecular Hbond substituents is 1. The van der Waals surface area contributed by atoms with Gasteiger partial charge in [-0.25, -0.2) is 13.5 Å². The smallest absolute Gasteiger partial charge is 0.223 e. The summed E-state index contributed by atoms with van der Waals surface area (Å²) < 4.78 is 55.2. The predicted molar refractivity (Wildman–Crippen MR) is 121 cm³/mol. The lowest BCUT2D eigenvalue weighted by Gasteiger charge is -2.17. The average molecular weight is 497 g/mol. The second-order valence-electron chi connectivity index (χ2n) is 6.65. The fourth-order valence-corrected chi connectivity index (χ4v) is 4.21. The molecule has 4 N–H and O–H groups in total. The molecule has 0 saturated heterocycles. The van der Waals surface area contributed by atoms with Crippen molar-refractivity contribution in [2.24, 2.45) is 5.73 Å². The molecule has 0 aliphatic heterocycles. The summed E-state index contributed by atoms with van der Waals surface area (Å²) in [5, 5.41) is 9.91. The summed E-state index contributed by atoms with van der Waals surface area (Å²) in [5.74, 6) is -1.79. The number of hydrogen-bond acceptors (Lipinski definition) is 7. The highest BCUT2D eigenvalue weighted by molar-refractivity contribution is 7.92. The van der Waals surface area contributed by atoms with Crippen LogP contribution in [0.25, 0.3) is 11.1 Å². The number of ether oxygens (including phenoxy) is 2. The summed E-state index contributed by atoms with van der Waals surface area (Å²) in [6, 6.07) is 8.72. The lowest BCUT2D eigenvalue weighted by Crippen LogP contribution is -2.15. The monoisotopic (exact) mass is 496 g/mol. The van der Waals surface area contributed by atoms with Crippen molar-refractivity contribution in [3.05, 3.63) is 64.7 Å². The maximum Gasteiger partial charge on any atom is 0.223 e. The summed E-state index contributed by atoms with van der Waals surface area (Å²) in [7, 11) is 1.43. The number of aldehydes is 1. The first-order chi connectivity index (χ1) is 15.8. The Morgan fingerprint density at radius 3 is 2.61 bits per heavy atom. The number of anilines is 1. The zero-order valence-electron chi connectivity index (χ0n) is 17.2. The zero-order chi connectivity index (χ0) is 24.1. The molecule has 3 aromatic carbocycles. The van der Waals surface area contributed by atoms with Crippen LogP contribution >= 0.6 is 11.6 Å². The molecule has 0 aliphatic rings. The van der Waals surface area contributed by atoms with Gasteiger partial charge in [-0.05, 0) is 30.3 Å². The van der Waals surface area contributed by atoms with Gasteiger partial charge in [0.05, 0.1) is 12.1 Å². The number of rotatable bonds is 9. The number of hydrogen-bond donors (Lipinski definition) is 3. The predicted octanol–water partition coefficient (Wildman–Crippen LogP) is 4.28. The lowest BCUT2D eigenvalue weighted by molar-refractivity contribution is 0.112. The molecule has 3 aromatic rings. The Hall–Kier alpha value is -3.05. The summed E-state index contributed by atoms with van der Waals surface area (Å²) in [4.78, 5) is 10.8. The maximum atomic E-state index is 14.8. The summed E-state index contributed by atoms with van der Waals surface area (Å²) >= 11 is 3.62. The number of nitrogens with one attached hydrogen (secondary N) is 1. The third-order valence-electron chi connectivity index (χ3n) is 4.50. The van der Waals surface area contributed by atoms with Crippen molar-refractivity contribution in [1.82, 2.24) is 0 Å². The van der Waals surface area contributed by atoms with E-state index in [1.165, 1.54) is 19.2 Å². The molecule has 0 heterocycles. The second-order valence-corrected chi connectivity index (χ2v) is 8.24. The van der Waals surface area contributed by atoms with Crippen LogP contribution in [-0.2, 0) is 11.4 Å². The minimum atomic E-state index is -2.24. The van der Waals surface area contributed by atoms with Crippen LogP contribution in [0.1, 0.15) is 10.4 Å². The first kappa shape index (κ1) is 24.6. The van der Waals surface area contributed by atoms with E-state index >= 15 is 0 Å². The van der Waals surface area contributed by atoms with E-state index in [0.29, 0.717) is 18.1 Å². The topological polar surface area (TPSA) is 117 Å². The number of halogens is 3. The second kappa shape index (κ2) is 10.7. The SMILES string of the molecule is COc1ccc(OCCN)c(-c2cc(N[S+]([O-])c3cc(C=O)cc(Cl)c3O)c(F)cc2F)c1. The largest absolute Gasteiger partial charge is 0.588 e. The van der Waals surface area contributed by atoms with Gasteiger partial charge in [-0.1, -0.05) is 11.6 Å². The van der Waals surface area contributed by atoms with Crippen molar-refractivity contribution in [2.75, 3.05) is 25.0 Å². The van der Waals surface area contributed by atoms with Crippen LogP contribution in [0.2, 0.25) is 5.02 Å². The number of phenols is 1. The molecular weight excluding hydrogens is 478 g/mol. The van der Waals surface area contributed by atoms with Crippen LogP contribution in [0, 0.1) is 11.6 Å². The van der Waals surface area contributed by atoms with Gasteiger partial charge in [-0.2, -0.15) is 0 Å². The minimum Gasteiger partial charge on any atom is -0.588 e. The fourth-order valence-electron chi connectivity index (χ4n) is 2.93. The normalized spacial score (nSPS) is 11.7. The molecule has 3 rings (SSSR count). The van der Waals surface area contributed by atoms with Gasteiger partial charge in [-0.3, -0.25) is 4.79 Å². The molecule has 0 spiro atoms. The third-order valence-corrected chi connectivity index (χ3v) is 5.90. The van der Waals surface area contributed by atoms with E-state index in [0.717, 1.165) is 12.1 Å². The molecule has 0 aromatic heterocycles. The van der Waals surface area contributed by atoms with Crippen LogP contribution in [-0.4, -0.2) is 36.2 Å². The van der Waals surface area contributed by atoms with Crippen LogP contribution in [0.15, 0.2) is 47.4 Å². The highest BCUT2D eigenvalue weighted by Crippen LogP contribution is 2.38. The molecule has 33 heavy (non-hydrogen) atoms. The molecule has 1 atom stereocenters. The van der Waals surface area contributed by atoms with Gasteiger partial charge < -0.3 is 24.9 Å². The van der Waals surface area contributed by atoms with Gasteiger partial charge in [0.25, 0.3) is 0 Å². The van der Waals surface area contributed by atoms with Crippen molar-refractivity contribution in [2.45, 2.75) is 4.90 Å². The quantitative estimate of drug-likeness (QED) is 0.299. The van der Waals surface area contributed by atoms with Crippen molar-refractivity contribution in [3.63, 3.8) is 0 Å². The van der Waals surface area contributed by atoms with Crippen LogP contribution < -0.4 is 19.9 Å². The van der Waals surface area contributed by atoms with Gasteiger partial charge in [0.2, 0.25) is 4.90 Å². The number of carbonyl (C=O) groups is 1. The highest BCUT2D eigenvalue weighted by atomic mass is 35.5. The molecule has 0 bridgehead atoms. The molecule has 1 unspecified atom stereocenters. The Labute approximate surface area is 196 Å². The van der Waals surface area contributed by atoms with E-state index in [1.807, 2.05) is 0 Å². The molecule has 0 aliphatic carbocycles. The van der Waals surface area contributed by atoms with Crippen molar-refractivity contribution in [3.8, 4) is 28.4 Å². The summed E-state index contributed by atoms with van der Waals surface area (Å²) in [6.45, 7) is 0.374. The molecule has 0 fully saturated rings. The number of carbonyl (C=O) groups excluding carboxylic acids is 1. The lowest BCUT2D eigenvalue weighted by atomic mass is 10.0. The van der Waals surface area contributed by atoms with Crippen molar-refractivity contribution in [1.29, 1.82) is 0 Å². The first-order valence-corrected chi connectivity index (χ1v) is 11.0. The maximum absolute atomic E-state index is 14.8. The van der Waals surface area contributed by atoms with E-state index in [4.69, 9.17) is 26.8 Å². The molecule has 0 amide bonds. The number of methoxy groups -OCH3 is 1. The van der Waals surface area contributed by atoms with Gasteiger partial charge in [0, 0.05) is 35.4 Å². The van der Waals surface area contributed by atoms with Crippen molar-refractivity contribution < 1.29 is 32.7 Å². The highest BCUT2D eigenvalue weighted by Gasteiger charge is 2.24. The number of benzene rings is 3. The third kappa shape index (κ3) is 5.48. The molecule has 11 heteroatoms. The molecular formula is C22H19ClF2N2O5S.